The monoisotopic (exact) mass is 367 g/mol. The van der Waals surface area contributed by atoms with Gasteiger partial charge in [-0.3, -0.25) is 9.59 Å². The predicted octanol–water partition coefficient (Wildman–Crippen LogP) is 4.56. The number of amides is 1. The van der Waals surface area contributed by atoms with Crippen LogP contribution in [0.15, 0.2) is 60.8 Å². The Balaban J connectivity index is 1.74. The zero-order valence-electron chi connectivity index (χ0n) is 14.3. The summed E-state index contributed by atoms with van der Waals surface area (Å²) in [6.45, 7) is 1.48. The fourth-order valence-corrected chi connectivity index (χ4v) is 2.36. The van der Waals surface area contributed by atoms with Gasteiger partial charge in [-0.15, -0.1) is 0 Å². The number of ketones is 1. The van der Waals surface area contributed by atoms with Crippen molar-refractivity contribution in [2.24, 2.45) is 0 Å². The predicted molar refractivity (Wildman–Crippen MR) is 98.3 cm³/mol. The van der Waals surface area contributed by atoms with Gasteiger partial charge in [-0.05, 0) is 55.5 Å². The Hall–Kier alpha value is -3.61. The fraction of sp³-hybridized carbons (Fsp3) is 0.0500. The summed E-state index contributed by atoms with van der Waals surface area (Å²) < 4.78 is 26.6. The number of nitrogens with one attached hydrogen (secondary N) is 2. The highest BCUT2D eigenvalue weighted by atomic mass is 19.1. The van der Waals surface area contributed by atoms with Crippen molar-refractivity contribution in [2.75, 3.05) is 10.6 Å². The van der Waals surface area contributed by atoms with Crippen molar-refractivity contribution in [3.8, 4) is 0 Å². The number of carbonyl (C=O) groups excluding carboxylic acids is 2. The molecule has 136 valence electrons. The quantitative estimate of drug-likeness (QED) is 0.649. The standard InChI is InChI=1S/C20H15F2N3O2/c1-12(26)13-2-5-16(6-3-13)24-19-10-14(8-9-23-19)20(27)25-18-7-4-15(21)11-17(18)22/h2-11H,1H3,(H,23,24)(H,25,27). The molecule has 0 saturated carbocycles. The van der Waals surface area contributed by atoms with Crippen LogP contribution in [0.2, 0.25) is 0 Å². The third kappa shape index (κ3) is 4.52. The Morgan fingerprint density at radius 2 is 1.67 bits per heavy atom. The van der Waals surface area contributed by atoms with E-state index >= 15 is 0 Å². The Kier molecular flexibility index (Phi) is 5.21. The van der Waals surface area contributed by atoms with Crippen molar-refractivity contribution in [3.05, 3.63) is 83.6 Å². The SMILES string of the molecule is CC(=O)c1ccc(Nc2cc(C(=O)Nc3ccc(F)cc3F)ccn2)cc1. The molecule has 1 heterocycles. The van der Waals surface area contributed by atoms with Crippen LogP contribution in [0.5, 0.6) is 0 Å². The maximum absolute atomic E-state index is 13.7. The van der Waals surface area contributed by atoms with E-state index in [0.717, 1.165) is 12.1 Å². The first kappa shape index (κ1) is 18.2. The number of benzene rings is 2. The van der Waals surface area contributed by atoms with E-state index in [1.165, 1.54) is 25.3 Å². The minimum Gasteiger partial charge on any atom is -0.340 e. The summed E-state index contributed by atoms with van der Waals surface area (Å²) in [6.07, 6.45) is 1.43. The van der Waals surface area contributed by atoms with E-state index in [4.69, 9.17) is 0 Å². The fourth-order valence-electron chi connectivity index (χ4n) is 2.36. The molecule has 0 unspecified atom stereocenters. The first-order chi connectivity index (χ1) is 12.9. The molecular formula is C20H15F2N3O2. The molecular weight excluding hydrogens is 352 g/mol. The molecule has 0 fully saturated rings. The smallest absolute Gasteiger partial charge is 0.255 e. The number of carbonyl (C=O) groups is 2. The van der Waals surface area contributed by atoms with Crippen LogP contribution < -0.4 is 10.6 Å². The molecule has 0 atom stereocenters. The molecule has 0 saturated heterocycles. The van der Waals surface area contributed by atoms with E-state index in [0.29, 0.717) is 23.1 Å². The van der Waals surface area contributed by atoms with Crippen molar-refractivity contribution in [3.63, 3.8) is 0 Å². The summed E-state index contributed by atoms with van der Waals surface area (Å²) in [5.74, 6) is -1.78. The highest BCUT2D eigenvalue weighted by Gasteiger charge is 2.11. The molecule has 2 aromatic carbocycles. The Bertz CT molecular complexity index is 1000. The van der Waals surface area contributed by atoms with Crippen molar-refractivity contribution >= 4 is 28.9 Å². The van der Waals surface area contributed by atoms with Crippen LogP contribution in [0.4, 0.5) is 26.0 Å². The first-order valence-corrected chi connectivity index (χ1v) is 8.03. The number of aromatic nitrogens is 1. The van der Waals surface area contributed by atoms with Crippen LogP contribution in [0.25, 0.3) is 0 Å². The molecule has 0 bridgehead atoms. The van der Waals surface area contributed by atoms with Gasteiger partial charge in [0, 0.05) is 29.1 Å². The zero-order valence-corrected chi connectivity index (χ0v) is 14.3. The van der Waals surface area contributed by atoms with Gasteiger partial charge in [0.1, 0.15) is 17.5 Å². The van der Waals surface area contributed by atoms with Crippen LogP contribution in [0, 0.1) is 11.6 Å². The molecule has 0 aliphatic carbocycles. The van der Waals surface area contributed by atoms with Gasteiger partial charge in [-0.2, -0.15) is 0 Å². The first-order valence-electron chi connectivity index (χ1n) is 8.03. The number of rotatable bonds is 5. The Morgan fingerprint density at radius 3 is 2.33 bits per heavy atom. The van der Waals surface area contributed by atoms with Crippen molar-refractivity contribution in [1.29, 1.82) is 0 Å². The highest BCUT2D eigenvalue weighted by molar-refractivity contribution is 6.04. The van der Waals surface area contributed by atoms with Gasteiger partial charge in [-0.1, -0.05) is 0 Å². The molecule has 7 heteroatoms. The summed E-state index contributed by atoms with van der Waals surface area (Å²) >= 11 is 0. The van der Waals surface area contributed by atoms with Gasteiger partial charge in [-0.25, -0.2) is 13.8 Å². The largest absolute Gasteiger partial charge is 0.340 e. The third-order valence-corrected chi connectivity index (χ3v) is 3.77. The number of halogens is 2. The third-order valence-electron chi connectivity index (χ3n) is 3.77. The van der Waals surface area contributed by atoms with Crippen LogP contribution in [0.1, 0.15) is 27.6 Å². The molecule has 2 N–H and O–H groups in total. The summed E-state index contributed by atoms with van der Waals surface area (Å²) in [4.78, 5) is 27.7. The lowest BCUT2D eigenvalue weighted by Gasteiger charge is -2.09. The Morgan fingerprint density at radius 1 is 0.926 bits per heavy atom. The van der Waals surface area contributed by atoms with E-state index < -0.39 is 17.5 Å². The molecule has 3 rings (SSSR count). The van der Waals surface area contributed by atoms with E-state index in [1.807, 2.05) is 0 Å². The minimum atomic E-state index is -0.860. The number of hydrogen-bond acceptors (Lipinski definition) is 4. The summed E-state index contributed by atoms with van der Waals surface area (Å²) in [5, 5.41) is 5.41. The summed E-state index contributed by atoms with van der Waals surface area (Å²) in [5.41, 5.74) is 1.40. The van der Waals surface area contributed by atoms with E-state index in [-0.39, 0.29) is 17.0 Å². The molecule has 5 nitrogen and oxygen atoms in total. The van der Waals surface area contributed by atoms with Gasteiger partial charge in [0.2, 0.25) is 0 Å². The van der Waals surface area contributed by atoms with Gasteiger partial charge in [0.05, 0.1) is 5.69 Å². The molecule has 0 aliphatic rings. The van der Waals surface area contributed by atoms with E-state index in [1.54, 1.807) is 24.3 Å². The van der Waals surface area contributed by atoms with Gasteiger partial charge < -0.3 is 10.6 Å². The summed E-state index contributed by atoms with van der Waals surface area (Å²) in [7, 11) is 0. The molecule has 0 spiro atoms. The average molecular weight is 367 g/mol. The van der Waals surface area contributed by atoms with Gasteiger partial charge in [0.15, 0.2) is 5.78 Å². The van der Waals surface area contributed by atoms with Crippen molar-refractivity contribution in [2.45, 2.75) is 6.92 Å². The maximum Gasteiger partial charge on any atom is 0.255 e. The lowest BCUT2D eigenvalue weighted by Crippen LogP contribution is -2.13. The number of Topliss-reactive ketones (excluding diaryl/α,β-unsaturated/α-hetero) is 1. The Labute approximate surface area is 154 Å². The molecule has 1 aromatic heterocycles. The summed E-state index contributed by atoms with van der Waals surface area (Å²) in [6, 6.07) is 12.7. The van der Waals surface area contributed by atoms with Crippen molar-refractivity contribution < 1.29 is 18.4 Å². The minimum absolute atomic E-state index is 0.0358. The second-order valence-electron chi connectivity index (χ2n) is 5.77. The number of nitrogens with zero attached hydrogens (tertiary/aromatic N) is 1. The van der Waals surface area contributed by atoms with Gasteiger partial charge in [0.25, 0.3) is 5.91 Å². The van der Waals surface area contributed by atoms with Crippen LogP contribution in [-0.2, 0) is 0 Å². The lowest BCUT2D eigenvalue weighted by molar-refractivity contribution is 0.101. The molecule has 0 radical (unpaired) electrons. The highest BCUT2D eigenvalue weighted by Crippen LogP contribution is 2.19. The van der Waals surface area contributed by atoms with E-state index in [9.17, 15) is 18.4 Å². The van der Waals surface area contributed by atoms with E-state index in [2.05, 4.69) is 15.6 Å². The van der Waals surface area contributed by atoms with Crippen LogP contribution >= 0.6 is 0 Å². The second kappa shape index (κ2) is 7.74. The van der Waals surface area contributed by atoms with Gasteiger partial charge >= 0.3 is 0 Å². The average Bonchev–Trinajstić information content (AvgIpc) is 2.64. The van der Waals surface area contributed by atoms with Crippen LogP contribution in [-0.4, -0.2) is 16.7 Å². The lowest BCUT2D eigenvalue weighted by atomic mass is 10.1. The molecule has 0 aliphatic heterocycles. The number of anilines is 3. The molecule has 27 heavy (non-hydrogen) atoms. The maximum atomic E-state index is 13.7. The molecule has 1 amide bonds. The van der Waals surface area contributed by atoms with Crippen molar-refractivity contribution in [1.82, 2.24) is 4.98 Å². The number of pyridine rings is 1. The second-order valence-corrected chi connectivity index (χ2v) is 5.77. The molecule has 3 aromatic rings. The van der Waals surface area contributed by atoms with Crippen LogP contribution in [0.3, 0.4) is 0 Å². The topological polar surface area (TPSA) is 71.1 Å². The zero-order chi connectivity index (χ0) is 19.4. The number of hydrogen-bond donors (Lipinski definition) is 2. The normalized spacial score (nSPS) is 10.3.